The molecule has 0 spiro atoms. The lowest BCUT2D eigenvalue weighted by atomic mass is 9.72. The average Bonchev–Trinajstić information content (AvgIpc) is 2.41. The number of piperidine rings is 1. The zero-order valence-electron chi connectivity index (χ0n) is 15.1. The number of nitrogens with zero attached hydrogens (tertiary/aromatic N) is 2. The molecule has 1 saturated heterocycles. The highest BCUT2D eigenvalue weighted by Crippen LogP contribution is 2.38. The van der Waals surface area contributed by atoms with Crippen molar-refractivity contribution in [1.82, 2.24) is 15.3 Å². The summed E-state index contributed by atoms with van der Waals surface area (Å²) in [5, 5.41) is 3.57. The Morgan fingerprint density at radius 1 is 0.909 bits per heavy atom. The van der Waals surface area contributed by atoms with Gasteiger partial charge in [-0.05, 0) is 49.8 Å². The van der Waals surface area contributed by atoms with E-state index in [4.69, 9.17) is 9.97 Å². The maximum absolute atomic E-state index is 5.03. The van der Waals surface area contributed by atoms with Crippen molar-refractivity contribution in [2.24, 2.45) is 11.8 Å². The fourth-order valence-corrected chi connectivity index (χ4v) is 3.86. The van der Waals surface area contributed by atoms with Crippen LogP contribution in [0.1, 0.15) is 70.7 Å². The van der Waals surface area contributed by atoms with Gasteiger partial charge in [-0.1, -0.05) is 41.5 Å². The van der Waals surface area contributed by atoms with Crippen molar-refractivity contribution < 1.29 is 0 Å². The molecule has 0 amide bonds. The van der Waals surface area contributed by atoms with E-state index in [0.717, 1.165) is 37.0 Å². The molecule has 2 aliphatic rings. The smallest absolute Gasteiger partial charge is 0.134 e. The first-order valence-electron chi connectivity index (χ1n) is 8.77. The van der Waals surface area contributed by atoms with Crippen LogP contribution >= 0.6 is 0 Å². The van der Waals surface area contributed by atoms with E-state index in [9.17, 15) is 0 Å². The van der Waals surface area contributed by atoms with E-state index in [1.165, 1.54) is 29.9 Å². The van der Waals surface area contributed by atoms with E-state index in [-0.39, 0.29) is 10.8 Å². The van der Waals surface area contributed by atoms with Crippen LogP contribution in [0, 0.1) is 11.8 Å². The third-order valence-corrected chi connectivity index (χ3v) is 5.16. The molecule has 3 rings (SSSR count). The maximum Gasteiger partial charge on any atom is 0.134 e. The van der Waals surface area contributed by atoms with Gasteiger partial charge in [0, 0.05) is 16.5 Å². The molecule has 1 aliphatic carbocycles. The Morgan fingerprint density at radius 2 is 1.64 bits per heavy atom. The summed E-state index contributed by atoms with van der Waals surface area (Å²) in [6, 6.07) is 0. The lowest BCUT2D eigenvalue weighted by Gasteiger charge is -2.39. The maximum atomic E-state index is 5.03. The van der Waals surface area contributed by atoms with Crippen LogP contribution in [0.4, 0.5) is 0 Å². The number of hydrogen-bond donors (Lipinski definition) is 1. The quantitative estimate of drug-likeness (QED) is 0.798. The molecule has 0 saturated carbocycles. The van der Waals surface area contributed by atoms with E-state index in [1.54, 1.807) is 0 Å². The van der Waals surface area contributed by atoms with Gasteiger partial charge in [0.05, 0.1) is 5.69 Å². The molecular weight excluding hydrogens is 270 g/mol. The molecular formula is C19H31N3. The van der Waals surface area contributed by atoms with Crippen LogP contribution in [-0.4, -0.2) is 23.1 Å². The lowest BCUT2D eigenvalue weighted by Crippen LogP contribution is -2.42. The first-order valence-corrected chi connectivity index (χ1v) is 8.77. The van der Waals surface area contributed by atoms with Crippen molar-refractivity contribution in [3.05, 3.63) is 22.8 Å². The molecule has 0 aromatic carbocycles. The van der Waals surface area contributed by atoms with Crippen LogP contribution in [0.2, 0.25) is 0 Å². The van der Waals surface area contributed by atoms with Crippen LogP contribution in [0.15, 0.2) is 0 Å². The molecule has 1 N–H and O–H groups in total. The van der Waals surface area contributed by atoms with Gasteiger partial charge in [0.15, 0.2) is 0 Å². The van der Waals surface area contributed by atoms with Gasteiger partial charge < -0.3 is 5.32 Å². The Morgan fingerprint density at radius 3 is 2.27 bits per heavy atom. The van der Waals surface area contributed by atoms with E-state index < -0.39 is 0 Å². The van der Waals surface area contributed by atoms with Gasteiger partial charge >= 0.3 is 0 Å². The van der Waals surface area contributed by atoms with Gasteiger partial charge in [0.25, 0.3) is 0 Å². The summed E-state index contributed by atoms with van der Waals surface area (Å²) >= 11 is 0. The van der Waals surface area contributed by atoms with Gasteiger partial charge in [-0.15, -0.1) is 0 Å². The Balaban J connectivity index is 2.10. The molecule has 1 aliphatic heterocycles. The number of aromatic nitrogens is 2. The number of nitrogens with one attached hydrogen (secondary N) is 1. The third-order valence-electron chi connectivity index (χ3n) is 5.16. The van der Waals surface area contributed by atoms with Gasteiger partial charge in [-0.3, -0.25) is 0 Å². The van der Waals surface area contributed by atoms with Gasteiger partial charge in [0.2, 0.25) is 0 Å². The minimum atomic E-state index is 0.0139. The Kier molecular flexibility index (Phi) is 3.83. The zero-order chi connectivity index (χ0) is 16.1. The van der Waals surface area contributed by atoms with Crippen LogP contribution in [0.5, 0.6) is 0 Å². The lowest BCUT2D eigenvalue weighted by molar-refractivity contribution is 0.231. The SMILES string of the molecule is CC(C)(C)c1nc2c(c(C(C)(C)C)n1)CC1CNCCC1C2. The van der Waals surface area contributed by atoms with Crippen LogP contribution in [-0.2, 0) is 23.7 Å². The van der Waals surface area contributed by atoms with Crippen molar-refractivity contribution in [3.8, 4) is 0 Å². The van der Waals surface area contributed by atoms with Gasteiger partial charge in [-0.25, -0.2) is 9.97 Å². The summed E-state index contributed by atoms with van der Waals surface area (Å²) in [5.74, 6) is 2.60. The molecule has 2 atom stereocenters. The second kappa shape index (κ2) is 5.30. The largest absolute Gasteiger partial charge is 0.316 e. The third kappa shape index (κ3) is 2.92. The van der Waals surface area contributed by atoms with Crippen molar-refractivity contribution >= 4 is 0 Å². The highest BCUT2D eigenvalue weighted by atomic mass is 14.9. The summed E-state index contributed by atoms with van der Waals surface area (Å²) < 4.78 is 0. The molecule has 1 fully saturated rings. The Labute approximate surface area is 135 Å². The standard InChI is InChI=1S/C19H31N3/c1-18(2,3)16-14-9-13-11-20-8-7-12(13)10-15(14)21-17(22-16)19(4,5)6/h12-13,20H,7-11H2,1-6H3. The van der Waals surface area contributed by atoms with Crippen LogP contribution in [0.3, 0.4) is 0 Å². The number of hydrogen-bond acceptors (Lipinski definition) is 3. The van der Waals surface area contributed by atoms with Crippen LogP contribution in [0.25, 0.3) is 0 Å². The van der Waals surface area contributed by atoms with E-state index in [0.29, 0.717) is 0 Å². The van der Waals surface area contributed by atoms with Crippen molar-refractivity contribution in [2.45, 2.75) is 71.6 Å². The minimum Gasteiger partial charge on any atom is -0.316 e. The molecule has 0 radical (unpaired) electrons. The monoisotopic (exact) mass is 301 g/mol. The fourth-order valence-electron chi connectivity index (χ4n) is 3.86. The highest BCUT2D eigenvalue weighted by molar-refractivity contribution is 5.35. The molecule has 122 valence electrons. The molecule has 1 aromatic rings. The van der Waals surface area contributed by atoms with Gasteiger partial charge in [0.1, 0.15) is 5.82 Å². The van der Waals surface area contributed by atoms with E-state index in [2.05, 4.69) is 46.9 Å². The predicted molar refractivity (Wildman–Crippen MR) is 91.3 cm³/mol. The first kappa shape index (κ1) is 15.9. The highest BCUT2D eigenvalue weighted by Gasteiger charge is 2.36. The van der Waals surface area contributed by atoms with E-state index in [1.807, 2.05) is 0 Å². The summed E-state index contributed by atoms with van der Waals surface area (Å²) in [6.45, 7) is 15.8. The first-order chi connectivity index (χ1) is 10.2. The average molecular weight is 301 g/mol. The van der Waals surface area contributed by atoms with Crippen molar-refractivity contribution in [1.29, 1.82) is 0 Å². The number of rotatable bonds is 0. The molecule has 3 heteroatoms. The number of fused-ring (bicyclic) bond motifs is 2. The fraction of sp³-hybridized carbons (Fsp3) is 0.789. The second-order valence-electron chi connectivity index (χ2n) is 9.24. The molecule has 22 heavy (non-hydrogen) atoms. The summed E-state index contributed by atoms with van der Waals surface area (Å²) in [7, 11) is 0. The summed E-state index contributed by atoms with van der Waals surface area (Å²) in [5.41, 5.74) is 4.17. The molecule has 2 unspecified atom stereocenters. The predicted octanol–water partition coefficient (Wildman–Crippen LogP) is 3.40. The van der Waals surface area contributed by atoms with Crippen LogP contribution < -0.4 is 5.32 Å². The van der Waals surface area contributed by atoms with E-state index >= 15 is 0 Å². The molecule has 0 bridgehead atoms. The summed E-state index contributed by atoms with van der Waals surface area (Å²) in [4.78, 5) is 10.1. The topological polar surface area (TPSA) is 37.8 Å². The van der Waals surface area contributed by atoms with Crippen molar-refractivity contribution in [2.75, 3.05) is 13.1 Å². The Hall–Kier alpha value is -0.960. The Bertz CT molecular complexity index is 563. The van der Waals surface area contributed by atoms with Crippen molar-refractivity contribution in [3.63, 3.8) is 0 Å². The second-order valence-corrected chi connectivity index (χ2v) is 9.24. The molecule has 2 heterocycles. The minimum absolute atomic E-state index is 0.0139. The molecule has 1 aromatic heterocycles. The zero-order valence-corrected chi connectivity index (χ0v) is 15.1. The van der Waals surface area contributed by atoms with Gasteiger partial charge in [-0.2, -0.15) is 0 Å². The normalized spacial score (nSPS) is 25.5. The molecule has 3 nitrogen and oxygen atoms in total. The summed E-state index contributed by atoms with van der Waals surface area (Å²) in [6.07, 6.45) is 3.60.